The van der Waals surface area contributed by atoms with Crippen LogP contribution in [0.3, 0.4) is 0 Å². The first-order valence-electron chi connectivity index (χ1n) is 5.00. The fourth-order valence-electron chi connectivity index (χ4n) is 1.03. The summed E-state index contributed by atoms with van der Waals surface area (Å²) in [7, 11) is 0. The summed E-state index contributed by atoms with van der Waals surface area (Å²) in [4.78, 5) is 4.00. The van der Waals surface area contributed by atoms with Gasteiger partial charge in [0.1, 0.15) is 5.75 Å². The van der Waals surface area contributed by atoms with Crippen molar-refractivity contribution in [2.24, 2.45) is 11.1 Å². The van der Waals surface area contributed by atoms with Crippen molar-refractivity contribution in [3.8, 4) is 5.75 Å². The number of nitrogens with one attached hydrogen (secondary N) is 1. The second kappa shape index (κ2) is 5.30. The van der Waals surface area contributed by atoms with Crippen molar-refractivity contribution in [2.75, 3.05) is 6.61 Å². The first-order valence-corrected chi connectivity index (χ1v) is 5.79. The van der Waals surface area contributed by atoms with Gasteiger partial charge in [0.2, 0.25) is 0 Å². The molecule has 1 rings (SSSR count). The van der Waals surface area contributed by atoms with Gasteiger partial charge in [0.25, 0.3) is 0 Å². The van der Waals surface area contributed by atoms with E-state index in [0.717, 1.165) is 4.47 Å². The zero-order chi connectivity index (χ0) is 12.2. The molecule has 1 aromatic heterocycles. The Kier molecular flexibility index (Phi) is 4.29. The van der Waals surface area contributed by atoms with Crippen LogP contribution in [0.5, 0.6) is 5.75 Å². The maximum atomic E-state index is 7.42. The summed E-state index contributed by atoms with van der Waals surface area (Å²) in [5, 5.41) is 7.42. The van der Waals surface area contributed by atoms with E-state index in [4.69, 9.17) is 15.9 Å². The van der Waals surface area contributed by atoms with Gasteiger partial charge in [0, 0.05) is 16.1 Å². The number of nitrogens with two attached hydrogens (primary N) is 1. The van der Waals surface area contributed by atoms with Crippen LogP contribution in [0.25, 0.3) is 0 Å². The Morgan fingerprint density at radius 2 is 2.25 bits per heavy atom. The van der Waals surface area contributed by atoms with Gasteiger partial charge in [-0.25, -0.2) is 0 Å². The van der Waals surface area contributed by atoms with Crippen LogP contribution in [0.4, 0.5) is 0 Å². The van der Waals surface area contributed by atoms with Crippen molar-refractivity contribution in [3.63, 3.8) is 0 Å². The van der Waals surface area contributed by atoms with Gasteiger partial charge in [-0.15, -0.1) is 0 Å². The first-order chi connectivity index (χ1) is 7.42. The molecule has 16 heavy (non-hydrogen) atoms. The molecule has 0 aliphatic rings. The molecule has 0 saturated carbocycles. The van der Waals surface area contributed by atoms with Crippen molar-refractivity contribution >= 4 is 21.8 Å². The van der Waals surface area contributed by atoms with Crippen molar-refractivity contribution in [1.82, 2.24) is 4.98 Å². The van der Waals surface area contributed by atoms with Gasteiger partial charge in [-0.2, -0.15) is 0 Å². The molecule has 0 fully saturated rings. The third kappa shape index (κ3) is 3.81. The Morgan fingerprint density at radius 3 is 2.81 bits per heavy atom. The summed E-state index contributed by atoms with van der Waals surface area (Å²) in [6.45, 7) is 4.38. The number of aromatic nitrogens is 1. The third-order valence-electron chi connectivity index (χ3n) is 2.40. The van der Waals surface area contributed by atoms with Crippen LogP contribution in [-0.2, 0) is 0 Å². The monoisotopic (exact) mass is 285 g/mol. The summed E-state index contributed by atoms with van der Waals surface area (Å²) < 4.78 is 6.41. The molecule has 0 amide bonds. The second-order valence-electron chi connectivity index (χ2n) is 4.23. The molecule has 1 aromatic rings. The Bertz CT molecular complexity index is 379. The van der Waals surface area contributed by atoms with Crippen molar-refractivity contribution in [1.29, 1.82) is 5.41 Å². The summed E-state index contributed by atoms with van der Waals surface area (Å²) in [6.07, 6.45) is 4.06. The number of rotatable bonds is 5. The van der Waals surface area contributed by atoms with Crippen LogP contribution in [0.2, 0.25) is 0 Å². The molecule has 5 heteroatoms. The minimum absolute atomic E-state index is 0.184. The van der Waals surface area contributed by atoms with E-state index in [-0.39, 0.29) is 11.3 Å². The number of amidine groups is 1. The van der Waals surface area contributed by atoms with E-state index in [1.165, 1.54) is 0 Å². The molecular formula is C11H16BrN3O. The Morgan fingerprint density at radius 1 is 1.56 bits per heavy atom. The van der Waals surface area contributed by atoms with Gasteiger partial charge in [0.05, 0.1) is 18.6 Å². The maximum Gasteiger partial charge on any atom is 0.138 e. The average Bonchev–Trinajstić information content (AvgIpc) is 2.17. The van der Waals surface area contributed by atoms with Gasteiger partial charge < -0.3 is 10.5 Å². The molecule has 0 aliphatic heterocycles. The first kappa shape index (κ1) is 13.0. The summed E-state index contributed by atoms with van der Waals surface area (Å²) in [5.74, 6) is 0.900. The van der Waals surface area contributed by atoms with Crippen LogP contribution < -0.4 is 10.5 Å². The standard InChI is InChI=1S/C11H16BrN3O/c1-11(2,10(13)14)3-4-16-9-5-8(12)6-15-7-9/h5-7H,3-4H2,1-2H3,(H3,13,14). The van der Waals surface area contributed by atoms with E-state index in [1.54, 1.807) is 12.4 Å². The van der Waals surface area contributed by atoms with Crippen LogP contribution in [0, 0.1) is 10.8 Å². The van der Waals surface area contributed by atoms with Crippen LogP contribution in [0.15, 0.2) is 22.9 Å². The predicted molar refractivity (Wildman–Crippen MR) is 67.7 cm³/mol. The highest BCUT2D eigenvalue weighted by molar-refractivity contribution is 9.10. The Hall–Kier alpha value is -1.10. The van der Waals surface area contributed by atoms with Gasteiger partial charge >= 0.3 is 0 Å². The molecular weight excluding hydrogens is 270 g/mol. The molecule has 88 valence electrons. The zero-order valence-corrected chi connectivity index (χ0v) is 11.0. The van der Waals surface area contributed by atoms with E-state index in [1.807, 2.05) is 19.9 Å². The largest absolute Gasteiger partial charge is 0.492 e. The Balaban J connectivity index is 2.45. The quantitative estimate of drug-likeness (QED) is 0.645. The highest BCUT2D eigenvalue weighted by Gasteiger charge is 2.21. The van der Waals surface area contributed by atoms with E-state index in [9.17, 15) is 0 Å². The smallest absolute Gasteiger partial charge is 0.138 e. The van der Waals surface area contributed by atoms with Gasteiger partial charge in [-0.1, -0.05) is 13.8 Å². The summed E-state index contributed by atoms with van der Waals surface area (Å²) >= 11 is 3.32. The number of ether oxygens (including phenoxy) is 1. The lowest BCUT2D eigenvalue weighted by atomic mass is 9.88. The van der Waals surface area contributed by atoms with Crippen molar-refractivity contribution < 1.29 is 4.74 Å². The lowest BCUT2D eigenvalue weighted by Gasteiger charge is -2.22. The number of hydrogen-bond donors (Lipinski definition) is 2. The minimum atomic E-state index is -0.320. The number of nitrogens with zero attached hydrogens (tertiary/aromatic N) is 1. The molecule has 0 atom stereocenters. The molecule has 0 bridgehead atoms. The van der Waals surface area contributed by atoms with Gasteiger partial charge in [-0.05, 0) is 28.4 Å². The normalized spacial score (nSPS) is 11.2. The van der Waals surface area contributed by atoms with Crippen LogP contribution in [-0.4, -0.2) is 17.4 Å². The number of halogens is 1. The fourth-order valence-corrected chi connectivity index (χ4v) is 1.37. The second-order valence-corrected chi connectivity index (χ2v) is 5.15. The van der Waals surface area contributed by atoms with Gasteiger partial charge in [-0.3, -0.25) is 10.4 Å². The molecule has 0 unspecified atom stereocenters. The molecule has 0 aromatic carbocycles. The van der Waals surface area contributed by atoms with Crippen molar-refractivity contribution in [2.45, 2.75) is 20.3 Å². The predicted octanol–water partition coefficient (Wildman–Crippen LogP) is 2.58. The lowest BCUT2D eigenvalue weighted by molar-refractivity contribution is 0.268. The van der Waals surface area contributed by atoms with E-state index in [0.29, 0.717) is 18.8 Å². The molecule has 1 heterocycles. The molecule has 4 nitrogen and oxygen atoms in total. The maximum absolute atomic E-state index is 7.42. The summed E-state index contributed by atoms with van der Waals surface area (Å²) in [6, 6.07) is 1.85. The number of pyridine rings is 1. The van der Waals surface area contributed by atoms with E-state index in [2.05, 4.69) is 20.9 Å². The lowest BCUT2D eigenvalue weighted by Crippen LogP contribution is -2.32. The summed E-state index contributed by atoms with van der Waals surface area (Å²) in [5.41, 5.74) is 5.16. The molecule has 0 saturated heterocycles. The fraction of sp³-hybridized carbons (Fsp3) is 0.455. The third-order valence-corrected chi connectivity index (χ3v) is 2.84. The molecule has 0 aliphatic carbocycles. The highest BCUT2D eigenvalue weighted by Crippen LogP contribution is 2.21. The number of hydrogen-bond acceptors (Lipinski definition) is 3. The minimum Gasteiger partial charge on any atom is -0.492 e. The van der Waals surface area contributed by atoms with Crippen LogP contribution in [0.1, 0.15) is 20.3 Å². The average molecular weight is 286 g/mol. The molecule has 0 radical (unpaired) electrons. The molecule has 3 N–H and O–H groups in total. The van der Waals surface area contributed by atoms with E-state index >= 15 is 0 Å². The highest BCUT2D eigenvalue weighted by atomic mass is 79.9. The van der Waals surface area contributed by atoms with Crippen LogP contribution >= 0.6 is 15.9 Å². The van der Waals surface area contributed by atoms with E-state index < -0.39 is 0 Å². The van der Waals surface area contributed by atoms with Crippen molar-refractivity contribution in [3.05, 3.63) is 22.9 Å². The van der Waals surface area contributed by atoms with Gasteiger partial charge in [0.15, 0.2) is 0 Å². The zero-order valence-electron chi connectivity index (χ0n) is 9.46. The topological polar surface area (TPSA) is 72.0 Å². The SMILES string of the molecule is CC(C)(CCOc1cncc(Br)c1)C(=N)N. The Labute approximate surface area is 104 Å². The molecule has 0 spiro atoms.